The fraction of sp³-hybridized carbons (Fsp3) is 0.0909. The van der Waals surface area contributed by atoms with Crippen molar-refractivity contribution in [2.45, 2.75) is 0 Å². The molecule has 8 heteroatoms. The van der Waals surface area contributed by atoms with Gasteiger partial charge in [0.05, 0.1) is 19.0 Å². The number of aromatic nitrogens is 1. The minimum absolute atomic E-state index is 0.158. The summed E-state index contributed by atoms with van der Waals surface area (Å²) in [5.41, 5.74) is -0.273. The summed E-state index contributed by atoms with van der Waals surface area (Å²) in [6.07, 6.45) is 1.23. The Hall–Kier alpha value is -2.09. The number of anilines is 2. The van der Waals surface area contributed by atoms with Crippen LogP contribution in [0.3, 0.4) is 0 Å². The molecule has 0 radical (unpaired) electrons. The molecule has 0 amide bonds. The first-order chi connectivity index (χ1) is 9.02. The lowest BCUT2D eigenvalue weighted by molar-refractivity contribution is 0.0606. The fourth-order valence-corrected chi connectivity index (χ4v) is 2.01. The number of thiazole rings is 1. The minimum atomic E-state index is -1.57. The summed E-state index contributed by atoms with van der Waals surface area (Å²) in [5, 5.41) is 2.62. The fourth-order valence-electron chi connectivity index (χ4n) is 1.26. The van der Waals surface area contributed by atoms with Crippen LogP contribution in [0, 0.1) is 17.5 Å². The predicted molar refractivity (Wildman–Crippen MR) is 63.1 cm³/mol. The molecule has 0 bridgehead atoms. The van der Waals surface area contributed by atoms with Crippen LogP contribution in [-0.4, -0.2) is 18.1 Å². The van der Waals surface area contributed by atoms with Crippen molar-refractivity contribution in [1.82, 2.24) is 4.98 Å². The lowest BCUT2D eigenvalue weighted by Crippen LogP contribution is -1.98. The number of benzene rings is 1. The van der Waals surface area contributed by atoms with E-state index in [0.717, 1.165) is 23.5 Å². The van der Waals surface area contributed by atoms with Crippen LogP contribution in [0.4, 0.5) is 24.0 Å². The van der Waals surface area contributed by atoms with Crippen LogP contribution in [-0.2, 0) is 4.74 Å². The second kappa shape index (κ2) is 5.27. The molecule has 0 unspecified atom stereocenters. The second-order valence-electron chi connectivity index (χ2n) is 3.37. The highest BCUT2D eigenvalue weighted by Crippen LogP contribution is 2.26. The Bertz CT molecular complexity index is 630. The summed E-state index contributed by atoms with van der Waals surface area (Å²) >= 11 is 0.900. The highest BCUT2D eigenvalue weighted by atomic mass is 32.1. The first-order valence-electron chi connectivity index (χ1n) is 4.97. The van der Waals surface area contributed by atoms with Crippen molar-refractivity contribution in [2.75, 3.05) is 12.4 Å². The first-order valence-corrected chi connectivity index (χ1v) is 5.79. The third-order valence-corrected chi connectivity index (χ3v) is 3.06. The number of methoxy groups -OCH3 is 1. The number of rotatable bonds is 3. The predicted octanol–water partition coefficient (Wildman–Crippen LogP) is 3.09. The van der Waals surface area contributed by atoms with Gasteiger partial charge in [0.15, 0.2) is 22.6 Å². The molecule has 0 spiro atoms. The zero-order chi connectivity index (χ0) is 14.0. The molecule has 1 aromatic carbocycles. The Labute approximate surface area is 109 Å². The van der Waals surface area contributed by atoms with Crippen LogP contribution < -0.4 is 5.32 Å². The first kappa shape index (κ1) is 13.3. The van der Waals surface area contributed by atoms with E-state index in [1.165, 1.54) is 13.3 Å². The Morgan fingerprint density at radius 1 is 1.32 bits per heavy atom. The van der Waals surface area contributed by atoms with Crippen molar-refractivity contribution in [2.24, 2.45) is 0 Å². The molecular weight excluding hydrogens is 281 g/mol. The zero-order valence-electron chi connectivity index (χ0n) is 9.54. The third-order valence-electron chi connectivity index (χ3n) is 2.17. The summed E-state index contributed by atoms with van der Waals surface area (Å²) in [6, 6.07) is 1.82. The van der Waals surface area contributed by atoms with E-state index in [-0.39, 0.29) is 15.7 Å². The van der Waals surface area contributed by atoms with Crippen LogP contribution in [0.1, 0.15) is 9.67 Å². The molecule has 19 heavy (non-hydrogen) atoms. The van der Waals surface area contributed by atoms with E-state index in [4.69, 9.17) is 0 Å². The van der Waals surface area contributed by atoms with Crippen molar-refractivity contribution in [1.29, 1.82) is 0 Å². The number of carbonyl (C=O) groups excluding carboxylic acids is 1. The van der Waals surface area contributed by atoms with Gasteiger partial charge in [0.1, 0.15) is 4.88 Å². The summed E-state index contributed by atoms with van der Waals surface area (Å²) in [7, 11) is 1.21. The van der Waals surface area contributed by atoms with E-state index in [1.807, 2.05) is 0 Å². The largest absolute Gasteiger partial charge is 0.465 e. The number of ether oxygens (including phenoxy) is 1. The van der Waals surface area contributed by atoms with E-state index >= 15 is 0 Å². The van der Waals surface area contributed by atoms with E-state index in [2.05, 4.69) is 15.0 Å². The quantitative estimate of drug-likeness (QED) is 0.696. The SMILES string of the molecule is COC(=O)c1cnc(Nc2ccc(F)c(F)c2F)s1. The van der Waals surface area contributed by atoms with Crippen LogP contribution in [0.25, 0.3) is 0 Å². The Morgan fingerprint density at radius 3 is 2.74 bits per heavy atom. The standard InChI is InChI=1S/C11H7F3N2O2S/c1-18-10(17)7-4-15-11(19-7)16-6-3-2-5(12)8(13)9(6)14/h2-4H,1H3,(H,15,16). The van der Waals surface area contributed by atoms with Crippen molar-refractivity contribution in [3.8, 4) is 0 Å². The van der Waals surface area contributed by atoms with Gasteiger partial charge in [-0.15, -0.1) is 0 Å². The molecule has 1 N–H and O–H groups in total. The molecule has 0 aliphatic heterocycles. The summed E-state index contributed by atoms with van der Waals surface area (Å²) in [6.45, 7) is 0. The smallest absolute Gasteiger partial charge is 0.349 e. The van der Waals surface area contributed by atoms with E-state index in [9.17, 15) is 18.0 Å². The van der Waals surface area contributed by atoms with Crippen LogP contribution in [0.2, 0.25) is 0 Å². The molecule has 0 atom stereocenters. The molecule has 0 fully saturated rings. The van der Waals surface area contributed by atoms with Gasteiger partial charge in [-0.25, -0.2) is 22.9 Å². The number of esters is 1. The van der Waals surface area contributed by atoms with Crippen LogP contribution in [0.5, 0.6) is 0 Å². The van der Waals surface area contributed by atoms with Crippen molar-refractivity contribution in [3.05, 3.63) is 40.7 Å². The van der Waals surface area contributed by atoms with Gasteiger partial charge in [-0.1, -0.05) is 11.3 Å². The van der Waals surface area contributed by atoms with E-state index < -0.39 is 23.4 Å². The number of hydrogen-bond acceptors (Lipinski definition) is 5. The van der Waals surface area contributed by atoms with Crippen molar-refractivity contribution >= 4 is 28.1 Å². The lowest BCUT2D eigenvalue weighted by Gasteiger charge is -2.04. The molecule has 0 saturated carbocycles. The molecule has 1 heterocycles. The maximum atomic E-state index is 13.4. The minimum Gasteiger partial charge on any atom is -0.465 e. The van der Waals surface area contributed by atoms with Gasteiger partial charge in [0, 0.05) is 0 Å². The number of hydrogen-bond donors (Lipinski definition) is 1. The molecule has 0 aliphatic rings. The molecule has 4 nitrogen and oxygen atoms in total. The molecule has 100 valence electrons. The average Bonchev–Trinajstić information content (AvgIpc) is 2.87. The topological polar surface area (TPSA) is 51.2 Å². The normalized spacial score (nSPS) is 10.3. The number of carbonyl (C=O) groups is 1. The number of nitrogens with zero attached hydrogens (tertiary/aromatic N) is 1. The molecule has 1 aromatic heterocycles. The summed E-state index contributed by atoms with van der Waals surface area (Å²) in [4.78, 5) is 15.2. The molecule has 2 aromatic rings. The van der Waals surface area contributed by atoms with Gasteiger partial charge < -0.3 is 10.1 Å². The van der Waals surface area contributed by atoms with Crippen LogP contribution in [0.15, 0.2) is 18.3 Å². The third kappa shape index (κ3) is 2.68. The zero-order valence-corrected chi connectivity index (χ0v) is 10.4. The maximum absolute atomic E-state index is 13.4. The van der Waals surface area contributed by atoms with E-state index in [1.54, 1.807) is 0 Å². The van der Waals surface area contributed by atoms with Crippen LogP contribution >= 0.6 is 11.3 Å². The summed E-state index contributed by atoms with van der Waals surface area (Å²) < 4.78 is 43.6. The van der Waals surface area contributed by atoms with Gasteiger partial charge >= 0.3 is 5.97 Å². The molecule has 0 saturated heterocycles. The van der Waals surface area contributed by atoms with Gasteiger partial charge in [-0.2, -0.15) is 0 Å². The maximum Gasteiger partial charge on any atom is 0.349 e. The molecule has 0 aliphatic carbocycles. The Morgan fingerprint density at radius 2 is 2.05 bits per heavy atom. The van der Waals surface area contributed by atoms with Gasteiger partial charge in [0.2, 0.25) is 0 Å². The highest BCUT2D eigenvalue weighted by Gasteiger charge is 2.15. The Kier molecular flexibility index (Phi) is 3.70. The van der Waals surface area contributed by atoms with Crippen molar-refractivity contribution < 1.29 is 22.7 Å². The lowest BCUT2D eigenvalue weighted by atomic mass is 10.3. The second-order valence-corrected chi connectivity index (χ2v) is 4.40. The number of halogens is 3. The highest BCUT2D eigenvalue weighted by molar-refractivity contribution is 7.17. The Balaban J connectivity index is 2.24. The van der Waals surface area contributed by atoms with E-state index in [0.29, 0.717) is 0 Å². The monoisotopic (exact) mass is 288 g/mol. The summed E-state index contributed by atoms with van der Waals surface area (Å²) in [5.74, 6) is -4.79. The molecular formula is C11H7F3N2O2S. The van der Waals surface area contributed by atoms with Gasteiger partial charge in [-0.05, 0) is 12.1 Å². The average molecular weight is 288 g/mol. The van der Waals surface area contributed by atoms with Gasteiger partial charge in [0.25, 0.3) is 0 Å². The number of nitrogens with one attached hydrogen (secondary N) is 1. The molecule has 2 rings (SSSR count). The van der Waals surface area contributed by atoms with Crippen molar-refractivity contribution in [3.63, 3.8) is 0 Å². The van der Waals surface area contributed by atoms with Gasteiger partial charge in [-0.3, -0.25) is 0 Å².